The minimum absolute atomic E-state index is 0.435. The van der Waals surface area contributed by atoms with Crippen LogP contribution in [-0.4, -0.2) is 15.8 Å². The van der Waals surface area contributed by atoms with Crippen LogP contribution in [0, 0.1) is 0 Å². The summed E-state index contributed by atoms with van der Waals surface area (Å²) in [5.41, 5.74) is 1.08. The molecule has 0 saturated heterocycles. The molecule has 1 aromatic carbocycles. The molecule has 0 N–H and O–H groups in total. The molecule has 0 amide bonds. The van der Waals surface area contributed by atoms with Crippen molar-refractivity contribution in [2.45, 2.75) is 6.54 Å². The van der Waals surface area contributed by atoms with Crippen molar-refractivity contribution in [1.82, 2.24) is 9.55 Å². The van der Waals surface area contributed by atoms with E-state index in [2.05, 4.69) is 4.98 Å². The van der Waals surface area contributed by atoms with Gasteiger partial charge in [-0.15, -0.1) is 0 Å². The van der Waals surface area contributed by atoms with Crippen LogP contribution in [0.15, 0.2) is 36.7 Å². The first kappa shape index (κ1) is 9.93. The van der Waals surface area contributed by atoms with E-state index >= 15 is 0 Å². The lowest BCUT2D eigenvalue weighted by Gasteiger charge is -2.04. The van der Waals surface area contributed by atoms with Crippen LogP contribution >= 0.6 is 11.6 Å². The number of hydrogen-bond donors (Lipinski definition) is 0. The summed E-state index contributed by atoms with van der Waals surface area (Å²) < 4.78 is 1.79. The topological polar surface area (TPSA) is 34.9 Å². The van der Waals surface area contributed by atoms with Crippen LogP contribution in [0.5, 0.6) is 0 Å². The Morgan fingerprint density at radius 2 is 2.07 bits per heavy atom. The molecule has 0 saturated carbocycles. The lowest BCUT2D eigenvalue weighted by molar-refractivity contribution is 0.111. The van der Waals surface area contributed by atoms with Crippen LogP contribution in [0.25, 0.3) is 0 Å². The molecule has 1 heterocycles. The van der Waals surface area contributed by atoms with Gasteiger partial charge in [-0.2, -0.15) is 0 Å². The number of carbonyl (C=O) groups excluding carboxylic acids is 1. The maximum absolute atomic E-state index is 10.6. The summed E-state index contributed by atoms with van der Waals surface area (Å²) in [5, 5.41) is 0.708. The van der Waals surface area contributed by atoms with Gasteiger partial charge in [-0.05, 0) is 17.7 Å². The highest BCUT2D eigenvalue weighted by Gasteiger charge is 2.01. The van der Waals surface area contributed by atoms with Crippen molar-refractivity contribution in [3.8, 4) is 0 Å². The average molecular weight is 221 g/mol. The van der Waals surface area contributed by atoms with Crippen LogP contribution in [0.3, 0.4) is 0 Å². The highest BCUT2D eigenvalue weighted by atomic mass is 35.5. The first-order chi connectivity index (χ1) is 7.29. The molecule has 0 atom stereocenters. The van der Waals surface area contributed by atoms with Gasteiger partial charge >= 0.3 is 0 Å². The Bertz CT molecular complexity index is 462. The van der Waals surface area contributed by atoms with Crippen LogP contribution in [0.1, 0.15) is 16.2 Å². The Morgan fingerprint density at radius 3 is 2.73 bits per heavy atom. The van der Waals surface area contributed by atoms with Crippen molar-refractivity contribution in [2.75, 3.05) is 0 Å². The van der Waals surface area contributed by atoms with E-state index in [9.17, 15) is 4.79 Å². The van der Waals surface area contributed by atoms with Crippen LogP contribution in [0.4, 0.5) is 0 Å². The average Bonchev–Trinajstić information content (AvgIpc) is 2.69. The quantitative estimate of drug-likeness (QED) is 0.745. The molecule has 0 spiro atoms. The third-order valence-corrected chi connectivity index (χ3v) is 2.37. The predicted octanol–water partition coefficient (Wildman–Crippen LogP) is 2.40. The van der Waals surface area contributed by atoms with Gasteiger partial charge in [0.2, 0.25) is 0 Å². The number of aldehydes is 1. The van der Waals surface area contributed by atoms with Crippen LogP contribution in [-0.2, 0) is 6.54 Å². The summed E-state index contributed by atoms with van der Waals surface area (Å²) in [6.07, 6.45) is 4.13. The summed E-state index contributed by atoms with van der Waals surface area (Å²) >= 11 is 5.78. The zero-order chi connectivity index (χ0) is 10.7. The van der Waals surface area contributed by atoms with E-state index < -0.39 is 0 Å². The SMILES string of the molecule is O=Cc1nccn1Cc1ccc(Cl)cc1. The second-order valence-electron chi connectivity index (χ2n) is 3.16. The third-order valence-electron chi connectivity index (χ3n) is 2.12. The van der Waals surface area contributed by atoms with E-state index in [-0.39, 0.29) is 0 Å². The molecule has 1 aromatic heterocycles. The van der Waals surface area contributed by atoms with Gasteiger partial charge in [-0.1, -0.05) is 23.7 Å². The van der Waals surface area contributed by atoms with E-state index in [1.165, 1.54) is 0 Å². The summed E-state index contributed by atoms with van der Waals surface area (Å²) in [4.78, 5) is 14.5. The fourth-order valence-electron chi connectivity index (χ4n) is 1.36. The highest BCUT2D eigenvalue weighted by molar-refractivity contribution is 6.30. The maximum Gasteiger partial charge on any atom is 0.185 e. The van der Waals surface area contributed by atoms with Crippen molar-refractivity contribution in [1.29, 1.82) is 0 Å². The van der Waals surface area contributed by atoms with Crippen molar-refractivity contribution in [3.63, 3.8) is 0 Å². The minimum Gasteiger partial charge on any atom is -0.324 e. The highest BCUT2D eigenvalue weighted by Crippen LogP contribution is 2.11. The molecule has 0 unspecified atom stereocenters. The number of imidazole rings is 1. The normalized spacial score (nSPS) is 10.2. The molecule has 2 rings (SSSR count). The molecule has 15 heavy (non-hydrogen) atoms. The lowest BCUT2D eigenvalue weighted by atomic mass is 10.2. The molecule has 0 aliphatic rings. The summed E-state index contributed by atoms with van der Waals surface area (Å²) in [6.45, 7) is 0.630. The van der Waals surface area contributed by atoms with E-state index in [0.717, 1.165) is 11.8 Å². The largest absolute Gasteiger partial charge is 0.324 e. The fourth-order valence-corrected chi connectivity index (χ4v) is 1.49. The molecular weight excluding hydrogens is 212 g/mol. The summed E-state index contributed by atoms with van der Waals surface area (Å²) in [6, 6.07) is 7.51. The Morgan fingerprint density at radius 1 is 1.33 bits per heavy atom. The van der Waals surface area contributed by atoms with Crippen LogP contribution < -0.4 is 0 Å². The monoisotopic (exact) mass is 220 g/mol. The van der Waals surface area contributed by atoms with Crippen LogP contribution in [0.2, 0.25) is 5.02 Å². The number of aromatic nitrogens is 2. The van der Waals surface area contributed by atoms with Gasteiger partial charge < -0.3 is 4.57 Å². The molecule has 2 aromatic rings. The lowest BCUT2D eigenvalue weighted by Crippen LogP contribution is -2.02. The summed E-state index contributed by atoms with van der Waals surface area (Å²) in [5.74, 6) is 0.435. The zero-order valence-corrected chi connectivity index (χ0v) is 8.69. The molecule has 0 aliphatic carbocycles. The molecule has 0 fully saturated rings. The molecule has 0 radical (unpaired) electrons. The van der Waals surface area contributed by atoms with Crippen molar-refractivity contribution < 1.29 is 4.79 Å². The number of hydrogen-bond acceptors (Lipinski definition) is 2. The maximum atomic E-state index is 10.6. The van der Waals surface area contributed by atoms with Crippen molar-refractivity contribution >= 4 is 17.9 Å². The number of benzene rings is 1. The number of halogens is 1. The van der Waals surface area contributed by atoms with Gasteiger partial charge in [0.15, 0.2) is 12.1 Å². The van der Waals surface area contributed by atoms with Gasteiger partial charge in [0.1, 0.15) is 0 Å². The van der Waals surface area contributed by atoms with Crippen molar-refractivity contribution in [2.24, 2.45) is 0 Å². The van der Waals surface area contributed by atoms with Gasteiger partial charge in [-0.3, -0.25) is 4.79 Å². The Kier molecular flexibility index (Phi) is 2.83. The third kappa shape index (κ3) is 2.25. The van der Waals surface area contributed by atoms with Gasteiger partial charge in [0.25, 0.3) is 0 Å². The standard InChI is InChI=1S/C11H9ClN2O/c12-10-3-1-9(2-4-10)7-14-6-5-13-11(14)8-15/h1-6,8H,7H2. The molecule has 0 bridgehead atoms. The molecule has 3 nitrogen and oxygen atoms in total. The number of carbonyl (C=O) groups is 1. The minimum atomic E-state index is 0.435. The van der Waals surface area contributed by atoms with Gasteiger partial charge in [-0.25, -0.2) is 4.98 Å². The number of rotatable bonds is 3. The second kappa shape index (κ2) is 4.28. The first-order valence-corrected chi connectivity index (χ1v) is 4.88. The Labute approximate surface area is 92.3 Å². The first-order valence-electron chi connectivity index (χ1n) is 4.50. The zero-order valence-electron chi connectivity index (χ0n) is 7.93. The number of nitrogens with zero attached hydrogens (tertiary/aromatic N) is 2. The van der Waals surface area contributed by atoms with Gasteiger partial charge in [0, 0.05) is 24.0 Å². The predicted molar refractivity (Wildman–Crippen MR) is 58.2 cm³/mol. The fraction of sp³-hybridized carbons (Fsp3) is 0.0909. The Hall–Kier alpha value is -1.61. The molecular formula is C11H9ClN2O. The van der Waals surface area contributed by atoms with Gasteiger partial charge in [0.05, 0.1) is 0 Å². The van der Waals surface area contributed by atoms with Crippen molar-refractivity contribution in [3.05, 3.63) is 53.1 Å². The van der Waals surface area contributed by atoms with E-state index in [1.54, 1.807) is 17.0 Å². The smallest absolute Gasteiger partial charge is 0.185 e. The summed E-state index contributed by atoms with van der Waals surface area (Å²) in [7, 11) is 0. The van der Waals surface area contributed by atoms with E-state index in [1.807, 2.05) is 24.3 Å². The molecule has 4 heteroatoms. The Balaban J connectivity index is 2.21. The van der Waals surface area contributed by atoms with E-state index in [4.69, 9.17) is 11.6 Å². The second-order valence-corrected chi connectivity index (χ2v) is 3.59. The molecule has 76 valence electrons. The molecule has 0 aliphatic heterocycles. The van der Waals surface area contributed by atoms with E-state index in [0.29, 0.717) is 17.4 Å².